The van der Waals surface area contributed by atoms with E-state index < -0.39 is 0 Å². The number of aliphatic hydroxyl groups excluding tert-OH is 1. The smallest absolute Gasteiger partial charge is 0.195 e. The van der Waals surface area contributed by atoms with Crippen molar-refractivity contribution in [3.63, 3.8) is 0 Å². The van der Waals surface area contributed by atoms with Crippen molar-refractivity contribution in [3.05, 3.63) is 101 Å². The van der Waals surface area contributed by atoms with E-state index in [1.54, 1.807) is 7.11 Å². The van der Waals surface area contributed by atoms with Crippen LogP contribution in [-0.2, 0) is 17.8 Å². The number of para-hydroxylation sites is 1. The van der Waals surface area contributed by atoms with E-state index in [9.17, 15) is 5.11 Å². The second-order valence-electron chi connectivity index (χ2n) is 18.3. The van der Waals surface area contributed by atoms with Crippen LogP contribution in [0, 0.1) is 17.3 Å². The highest BCUT2D eigenvalue weighted by molar-refractivity contribution is 5.80. The van der Waals surface area contributed by atoms with Crippen molar-refractivity contribution < 1.29 is 14.7 Å². The Labute approximate surface area is 369 Å². The number of hydrogen-bond acceptors (Lipinski definition) is 8. The standard InChI is InChI=1S/C42H61N7O3.C9H18/c1-10-16-37(43)40-36(29-50)39(27-45-42(47(5)6)48(7)8)52-49(40)28-31-20-15-21-35(41(31)51-9)32-24-33(26-34(25-32)46(3)4)38(17-11-2)44-23-22-30-18-13-12-14-19-30;1-8-5-4-6-9(2,3)7-8/h12-21,24-26,36,39-40,44,50H,10-11,22-23,27-29,43H2,1-9H3;8H,4-7H2,1-3H3/b37-16-,38-17+;. The molecule has 61 heavy (non-hydrogen) atoms. The van der Waals surface area contributed by atoms with Crippen LogP contribution < -0.4 is 20.7 Å². The number of hydrogen-bond donors (Lipinski definition) is 3. The van der Waals surface area contributed by atoms with E-state index in [-0.39, 0.29) is 24.7 Å². The maximum Gasteiger partial charge on any atom is 0.195 e. The predicted octanol–water partition coefficient (Wildman–Crippen LogP) is 9.06. The van der Waals surface area contributed by atoms with Gasteiger partial charge in [-0.3, -0.25) is 9.83 Å². The Hall–Kier alpha value is -4.51. The maximum atomic E-state index is 10.7. The average molecular weight is 838 g/mol. The lowest BCUT2D eigenvalue weighted by molar-refractivity contribution is -0.162. The van der Waals surface area contributed by atoms with Crippen LogP contribution >= 0.6 is 0 Å². The van der Waals surface area contributed by atoms with E-state index in [0.717, 1.165) is 77.1 Å². The minimum absolute atomic E-state index is 0.0802. The van der Waals surface area contributed by atoms with Gasteiger partial charge in [-0.1, -0.05) is 108 Å². The number of nitrogens with two attached hydrogens (primary N) is 1. The van der Waals surface area contributed by atoms with Crippen molar-refractivity contribution in [1.82, 2.24) is 20.2 Å². The minimum atomic E-state index is -0.361. The fraction of sp³-hybridized carbons (Fsp3) is 0.549. The van der Waals surface area contributed by atoms with Crippen molar-refractivity contribution in [2.24, 2.45) is 28.0 Å². The summed E-state index contributed by atoms with van der Waals surface area (Å²) in [4.78, 5) is 17.6. The van der Waals surface area contributed by atoms with Gasteiger partial charge in [-0.05, 0) is 78.3 Å². The van der Waals surface area contributed by atoms with Crippen molar-refractivity contribution in [2.75, 3.05) is 74.0 Å². The highest BCUT2D eigenvalue weighted by atomic mass is 16.7. The number of anilines is 1. The topological polar surface area (TPSA) is 102 Å². The number of benzene rings is 3. The molecule has 0 amide bonds. The van der Waals surface area contributed by atoms with Crippen LogP contribution in [0.25, 0.3) is 16.8 Å². The lowest BCUT2D eigenvalue weighted by Crippen LogP contribution is -2.39. The first-order valence-electron chi connectivity index (χ1n) is 22.5. The third-order valence-electron chi connectivity index (χ3n) is 11.8. The summed E-state index contributed by atoms with van der Waals surface area (Å²) in [6, 6.07) is 23.2. The normalized spacial score (nSPS) is 20.3. The molecule has 4 N–H and O–H groups in total. The van der Waals surface area contributed by atoms with E-state index in [4.69, 9.17) is 20.3 Å². The lowest BCUT2D eigenvalue weighted by Gasteiger charge is -2.33. The van der Waals surface area contributed by atoms with Gasteiger partial charge in [-0.15, -0.1) is 0 Å². The number of nitrogens with one attached hydrogen (secondary N) is 1. The summed E-state index contributed by atoms with van der Waals surface area (Å²) < 4.78 is 6.20. The second kappa shape index (κ2) is 23.6. The summed E-state index contributed by atoms with van der Waals surface area (Å²) >= 11 is 0. The van der Waals surface area contributed by atoms with Gasteiger partial charge in [-0.2, -0.15) is 5.06 Å². The molecule has 2 fully saturated rings. The first-order valence-corrected chi connectivity index (χ1v) is 22.5. The first-order chi connectivity index (χ1) is 29.1. The molecule has 10 heteroatoms. The van der Waals surface area contributed by atoms with Gasteiger partial charge in [0, 0.05) is 83.0 Å². The van der Waals surface area contributed by atoms with E-state index in [2.05, 4.69) is 132 Å². The van der Waals surface area contributed by atoms with E-state index >= 15 is 0 Å². The van der Waals surface area contributed by atoms with E-state index in [1.807, 2.05) is 49.1 Å². The number of ether oxygens (including phenoxy) is 1. The Morgan fingerprint density at radius 3 is 2.26 bits per heavy atom. The number of methoxy groups -OCH3 is 1. The largest absolute Gasteiger partial charge is 0.496 e. The third kappa shape index (κ3) is 14.0. The molecule has 2 aliphatic rings. The van der Waals surface area contributed by atoms with Gasteiger partial charge in [0.1, 0.15) is 11.9 Å². The monoisotopic (exact) mass is 838 g/mol. The molecule has 1 heterocycles. The molecule has 1 aliphatic carbocycles. The van der Waals surface area contributed by atoms with E-state index in [0.29, 0.717) is 24.2 Å². The molecule has 3 aromatic rings. The van der Waals surface area contributed by atoms with Crippen LogP contribution in [-0.4, -0.2) is 107 Å². The van der Waals surface area contributed by atoms with Crippen LogP contribution in [0.4, 0.5) is 5.69 Å². The number of nitrogens with zero attached hydrogens (tertiary/aromatic N) is 5. The van der Waals surface area contributed by atoms with Gasteiger partial charge in [-0.25, -0.2) is 0 Å². The Balaban J connectivity index is 0.000000804. The molecule has 0 spiro atoms. The molecule has 1 aliphatic heterocycles. The summed E-state index contributed by atoms with van der Waals surface area (Å²) in [5.74, 6) is 2.31. The molecule has 4 atom stereocenters. The SMILES string of the molecule is CC/C=C(\N)C1C(CO)C(CN=C(N(C)C)N(C)C)ON1Cc1cccc(-c2cc(/C(=C\CC)NCCc3ccccc3)cc(N(C)C)c2)c1OC.CC1CCCC(C)(C)C1. The fourth-order valence-corrected chi connectivity index (χ4v) is 8.97. The molecular formula is C51H79N7O3. The highest BCUT2D eigenvalue weighted by Gasteiger charge is 2.44. The zero-order chi connectivity index (χ0) is 44.7. The molecule has 5 rings (SSSR count). The number of aliphatic imine (C=N–C) groups is 1. The average Bonchev–Trinajstić information content (AvgIpc) is 3.57. The second-order valence-corrected chi connectivity index (χ2v) is 18.3. The molecule has 0 radical (unpaired) electrons. The zero-order valence-corrected chi connectivity index (χ0v) is 39.7. The van der Waals surface area contributed by atoms with Crippen LogP contribution in [0.1, 0.15) is 89.8 Å². The Kier molecular flexibility index (Phi) is 19.0. The molecule has 0 aromatic heterocycles. The van der Waals surface area contributed by atoms with E-state index in [1.165, 1.54) is 31.2 Å². The number of guanidine groups is 1. The Morgan fingerprint density at radius 1 is 0.984 bits per heavy atom. The van der Waals surface area contributed by atoms with Gasteiger partial charge in [0.2, 0.25) is 0 Å². The van der Waals surface area contributed by atoms with Crippen LogP contribution in [0.2, 0.25) is 0 Å². The van der Waals surface area contributed by atoms with Crippen molar-refractivity contribution in [1.29, 1.82) is 0 Å². The quantitative estimate of drug-likeness (QED) is 0.0964. The van der Waals surface area contributed by atoms with Crippen molar-refractivity contribution in [2.45, 2.75) is 98.3 Å². The molecule has 336 valence electrons. The fourth-order valence-electron chi connectivity index (χ4n) is 8.97. The van der Waals surface area contributed by atoms with Crippen LogP contribution in [0.5, 0.6) is 5.75 Å². The molecule has 1 saturated carbocycles. The predicted molar refractivity (Wildman–Crippen MR) is 258 cm³/mol. The summed E-state index contributed by atoms with van der Waals surface area (Å²) in [7, 11) is 13.7. The number of hydroxylamine groups is 2. The summed E-state index contributed by atoms with van der Waals surface area (Å²) in [6.07, 6.45) is 12.3. The zero-order valence-electron chi connectivity index (χ0n) is 39.7. The number of rotatable bonds is 16. The number of aliphatic hydroxyl groups is 1. The summed E-state index contributed by atoms with van der Waals surface area (Å²) in [6.45, 7) is 12.9. The lowest BCUT2D eigenvalue weighted by atomic mass is 9.73. The molecule has 4 unspecified atom stereocenters. The van der Waals surface area contributed by atoms with Crippen LogP contribution in [0.15, 0.2) is 89.6 Å². The Morgan fingerprint density at radius 2 is 1.69 bits per heavy atom. The van der Waals surface area contributed by atoms with Gasteiger partial charge < -0.3 is 35.6 Å². The molecule has 0 bridgehead atoms. The number of allylic oxidation sites excluding steroid dienone is 2. The maximum absolute atomic E-state index is 10.7. The van der Waals surface area contributed by atoms with Crippen molar-refractivity contribution in [3.8, 4) is 16.9 Å². The summed E-state index contributed by atoms with van der Waals surface area (Å²) in [5, 5.41) is 16.3. The minimum Gasteiger partial charge on any atom is -0.496 e. The highest BCUT2D eigenvalue weighted by Crippen LogP contribution is 2.40. The van der Waals surface area contributed by atoms with Gasteiger partial charge >= 0.3 is 0 Å². The molecular weight excluding hydrogens is 759 g/mol. The van der Waals surface area contributed by atoms with Gasteiger partial charge in [0.05, 0.1) is 32.8 Å². The van der Waals surface area contributed by atoms with Gasteiger partial charge in [0.15, 0.2) is 5.96 Å². The molecule has 1 saturated heterocycles. The summed E-state index contributed by atoms with van der Waals surface area (Å²) in [5.41, 5.74) is 15.7. The molecule has 10 nitrogen and oxygen atoms in total. The van der Waals surface area contributed by atoms with Gasteiger partial charge in [0.25, 0.3) is 0 Å². The molecule has 3 aromatic carbocycles. The van der Waals surface area contributed by atoms with Crippen LogP contribution in [0.3, 0.4) is 0 Å². The van der Waals surface area contributed by atoms with Crippen molar-refractivity contribution >= 4 is 17.3 Å². The Bertz CT molecular complexity index is 1880. The first kappa shape index (κ1) is 49.1. The third-order valence-corrected chi connectivity index (χ3v) is 11.8.